The zero-order valence-corrected chi connectivity index (χ0v) is 13.9. The number of amides is 1. The molecule has 0 saturated heterocycles. The van der Waals surface area contributed by atoms with Crippen molar-refractivity contribution in [3.63, 3.8) is 0 Å². The van der Waals surface area contributed by atoms with Gasteiger partial charge in [0.15, 0.2) is 11.5 Å². The predicted octanol–water partition coefficient (Wildman–Crippen LogP) is 2.27. The van der Waals surface area contributed by atoms with E-state index in [0.29, 0.717) is 18.0 Å². The largest absolute Gasteiger partial charge is 0.448 e. The van der Waals surface area contributed by atoms with E-state index in [4.69, 9.17) is 9.47 Å². The van der Waals surface area contributed by atoms with E-state index in [0.717, 1.165) is 19.6 Å². The number of likely N-dealkylation sites (N-methyl/N-ethyl adjacent to an activating group) is 1. The van der Waals surface area contributed by atoms with Gasteiger partial charge in [-0.05, 0) is 32.1 Å². The molecule has 122 valence electrons. The summed E-state index contributed by atoms with van der Waals surface area (Å²) in [6.07, 6.45) is 0. The van der Waals surface area contributed by atoms with E-state index >= 15 is 0 Å². The third kappa shape index (κ3) is 3.53. The highest BCUT2D eigenvalue weighted by atomic mass is 16.7. The smallest absolute Gasteiger partial charge is 0.260 e. The quantitative estimate of drug-likeness (QED) is 0.839. The average molecular weight is 306 g/mol. The molecule has 1 aliphatic rings. The van der Waals surface area contributed by atoms with Crippen molar-refractivity contribution in [1.82, 2.24) is 10.2 Å². The molecule has 0 saturated carbocycles. The maximum Gasteiger partial charge on any atom is 0.260 e. The van der Waals surface area contributed by atoms with Crippen LogP contribution in [0.2, 0.25) is 0 Å². The van der Waals surface area contributed by atoms with Gasteiger partial charge in [-0.1, -0.05) is 26.0 Å². The van der Waals surface area contributed by atoms with Crippen molar-refractivity contribution < 1.29 is 14.3 Å². The molecule has 22 heavy (non-hydrogen) atoms. The summed E-state index contributed by atoms with van der Waals surface area (Å²) in [6, 6.07) is 7.49. The Morgan fingerprint density at radius 3 is 2.27 bits per heavy atom. The van der Waals surface area contributed by atoms with Crippen LogP contribution in [0, 0.1) is 5.92 Å². The van der Waals surface area contributed by atoms with Crippen LogP contribution in [0.25, 0.3) is 0 Å². The summed E-state index contributed by atoms with van der Waals surface area (Å²) in [7, 11) is 0. The highest BCUT2D eigenvalue weighted by molar-refractivity contribution is 5.79. The van der Waals surface area contributed by atoms with Crippen molar-refractivity contribution >= 4 is 5.91 Å². The van der Waals surface area contributed by atoms with Gasteiger partial charge in [0.1, 0.15) is 5.92 Å². The van der Waals surface area contributed by atoms with Gasteiger partial charge in [0.05, 0.1) is 0 Å². The number of carbonyl (C=O) groups excluding carboxylic acids is 1. The molecule has 1 unspecified atom stereocenters. The van der Waals surface area contributed by atoms with Gasteiger partial charge in [-0.25, -0.2) is 0 Å². The fourth-order valence-electron chi connectivity index (χ4n) is 2.52. The first-order chi connectivity index (χ1) is 10.5. The Morgan fingerprint density at radius 1 is 1.23 bits per heavy atom. The van der Waals surface area contributed by atoms with Crippen LogP contribution in [0.15, 0.2) is 24.3 Å². The topological polar surface area (TPSA) is 50.8 Å². The van der Waals surface area contributed by atoms with Crippen LogP contribution < -0.4 is 14.8 Å². The summed E-state index contributed by atoms with van der Waals surface area (Å²) in [5.41, 5.74) is 0. The lowest BCUT2D eigenvalue weighted by Gasteiger charge is -2.29. The minimum Gasteiger partial charge on any atom is -0.448 e. The number of para-hydroxylation sites is 2. The van der Waals surface area contributed by atoms with E-state index in [1.807, 2.05) is 38.1 Å². The van der Waals surface area contributed by atoms with Crippen LogP contribution in [0.4, 0.5) is 0 Å². The molecule has 0 aliphatic carbocycles. The molecule has 5 heteroatoms. The highest BCUT2D eigenvalue weighted by Gasteiger charge is 2.45. The molecule has 1 amide bonds. The van der Waals surface area contributed by atoms with E-state index in [1.54, 1.807) is 0 Å². The van der Waals surface area contributed by atoms with Gasteiger partial charge in [0.25, 0.3) is 5.79 Å². The second-order valence-corrected chi connectivity index (χ2v) is 5.71. The summed E-state index contributed by atoms with van der Waals surface area (Å²) in [4.78, 5) is 14.6. The summed E-state index contributed by atoms with van der Waals surface area (Å²) < 4.78 is 11.7. The fourth-order valence-corrected chi connectivity index (χ4v) is 2.52. The third-order valence-corrected chi connectivity index (χ3v) is 4.28. The number of benzene rings is 1. The fraction of sp³-hybridized carbons (Fsp3) is 0.588. The maximum atomic E-state index is 12.4. The lowest BCUT2D eigenvalue weighted by molar-refractivity contribution is -0.147. The number of fused-ring (bicyclic) bond motifs is 1. The monoisotopic (exact) mass is 306 g/mol. The van der Waals surface area contributed by atoms with Crippen molar-refractivity contribution in [2.75, 3.05) is 26.2 Å². The summed E-state index contributed by atoms with van der Waals surface area (Å²) in [5, 5.41) is 2.97. The van der Waals surface area contributed by atoms with Gasteiger partial charge < -0.3 is 19.7 Å². The van der Waals surface area contributed by atoms with Crippen molar-refractivity contribution in [3.05, 3.63) is 24.3 Å². The Morgan fingerprint density at radius 2 is 1.77 bits per heavy atom. The highest BCUT2D eigenvalue weighted by Crippen LogP contribution is 2.41. The van der Waals surface area contributed by atoms with Crippen LogP contribution in [0.3, 0.4) is 0 Å². The number of carbonyl (C=O) groups is 1. The minimum atomic E-state index is -0.955. The first kappa shape index (κ1) is 16.6. The van der Waals surface area contributed by atoms with Crippen LogP contribution >= 0.6 is 0 Å². The van der Waals surface area contributed by atoms with Gasteiger partial charge in [-0.15, -0.1) is 0 Å². The first-order valence-electron chi connectivity index (χ1n) is 7.97. The Labute approximate surface area is 132 Å². The summed E-state index contributed by atoms with van der Waals surface area (Å²) >= 11 is 0. The lowest BCUT2D eigenvalue weighted by atomic mass is 10.0. The molecule has 0 fully saturated rings. The molecular weight excluding hydrogens is 280 g/mol. The van der Waals surface area contributed by atoms with Crippen LogP contribution in [0.1, 0.15) is 27.7 Å². The molecule has 1 heterocycles. The van der Waals surface area contributed by atoms with Crippen molar-refractivity contribution in [2.24, 2.45) is 5.92 Å². The molecule has 5 nitrogen and oxygen atoms in total. The number of hydrogen-bond donors (Lipinski definition) is 1. The Bertz CT molecular complexity index is 489. The Balaban J connectivity index is 1.89. The number of ether oxygens (including phenoxy) is 2. The first-order valence-corrected chi connectivity index (χ1v) is 7.97. The molecular formula is C17H26N2O3. The molecule has 1 aromatic carbocycles. The van der Waals surface area contributed by atoms with Crippen LogP contribution in [0.5, 0.6) is 11.5 Å². The molecule has 0 bridgehead atoms. The zero-order chi connectivity index (χ0) is 16.2. The second kappa shape index (κ2) is 7.01. The zero-order valence-electron chi connectivity index (χ0n) is 13.9. The van der Waals surface area contributed by atoms with Gasteiger partial charge in [-0.3, -0.25) is 4.79 Å². The van der Waals surface area contributed by atoms with Crippen molar-refractivity contribution in [2.45, 2.75) is 33.5 Å². The second-order valence-electron chi connectivity index (χ2n) is 5.71. The predicted molar refractivity (Wildman–Crippen MR) is 86.1 cm³/mol. The van der Waals surface area contributed by atoms with E-state index in [2.05, 4.69) is 24.1 Å². The molecule has 0 aromatic heterocycles. The maximum absolute atomic E-state index is 12.4. The normalized spacial score (nSPS) is 16.6. The van der Waals surface area contributed by atoms with Crippen molar-refractivity contribution in [1.29, 1.82) is 0 Å². The average Bonchev–Trinajstić information content (AvgIpc) is 2.88. The lowest BCUT2D eigenvalue weighted by Crippen LogP contribution is -2.50. The number of hydrogen-bond acceptors (Lipinski definition) is 4. The van der Waals surface area contributed by atoms with Crippen LogP contribution in [-0.4, -0.2) is 42.8 Å². The molecule has 1 atom stereocenters. The Hall–Kier alpha value is -1.75. The number of nitrogens with zero attached hydrogens (tertiary/aromatic N) is 1. The van der Waals surface area contributed by atoms with Gasteiger partial charge in [0, 0.05) is 20.0 Å². The standard InChI is InChI=1S/C17H26N2O3/c1-5-19(6-2)12-11-18-16(20)13(3)17(4)21-14-9-7-8-10-15(14)22-17/h7-10,13H,5-6,11-12H2,1-4H3,(H,18,20). The number of rotatable bonds is 7. The molecule has 1 aliphatic heterocycles. The van der Waals surface area contributed by atoms with E-state index < -0.39 is 11.7 Å². The molecule has 1 aromatic rings. The summed E-state index contributed by atoms with van der Waals surface area (Å²) in [5.74, 6) is -0.0390. The molecule has 2 rings (SSSR count). The van der Waals surface area contributed by atoms with E-state index in [1.165, 1.54) is 0 Å². The van der Waals surface area contributed by atoms with Gasteiger partial charge in [-0.2, -0.15) is 0 Å². The van der Waals surface area contributed by atoms with Crippen molar-refractivity contribution in [3.8, 4) is 11.5 Å². The molecule has 0 radical (unpaired) electrons. The van der Waals surface area contributed by atoms with Gasteiger partial charge in [0.2, 0.25) is 5.91 Å². The number of nitrogens with one attached hydrogen (secondary N) is 1. The van der Waals surface area contributed by atoms with Crippen LogP contribution in [-0.2, 0) is 4.79 Å². The minimum absolute atomic E-state index is 0.0533. The SMILES string of the molecule is CCN(CC)CCNC(=O)C(C)C1(C)Oc2ccccc2O1. The van der Waals surface area contributed by atoms with E-state index in [-0.39, 0.29) is 5.91 Å². The molecule has 0 spiro atoms. The molecule has 1 N–H and O–H groups in total. The third-order valence-electron chi connectivity index (χ3n) is 4.28. The van der Waals surface area contributed by atoms with E-state index in [9.17, 15) is 4.79 Å². The van der Waals surface area contributed by atoms with Gasteiger partial charge >= 0.3 is 0 Å². The summed E-state index contributed by atoms with van der Waals surface area (Å²) in [6.45, 7) is 11.3. The Kier molecular flexibility index (Phi) is 5.29.